The van der Waals surface area contributed by atoms with Crippen molar-refractivity contribution in [3.63, 3.8) is 0 Å². The zero-order chi connectivity index (χ0) is 13.0. The van der Waals surface area contributed by atoms with Gasteiger partial charge in [-0.2, -0.15) is 0 Å². The van der Waals surface area contributed by atoms with E-state index in [1.807, 2.05) is 21.6 Å². The first-order valence-corrected chi connectivity index (χ1v) is 9.28. The largest absolute Gasteiger partial charge is 1.00 e. The van der Waals surface area contributed by atoms with Gasteiger partial charge in [0.05, 0.1) is 6.67 Å². The molecule has 0 bridgehead atoms. The Labute approximate surface area is 124 Å². The first-order chi connectivity index (χ1) is 8.70. The van der Waals surface area contributed by atoms with Crippen molar-refractivity contribution in [3.05, 3.63) is 0 Å². The third-order valence-electron chi connectivity index (χ3n) is 3.61. The molecule has 0 aromatic carbocycles. The standard InChI is InChI=1S/C12H26N4S2.FH/c1-4-5-6-7-15-8-9-16(10-15)12-13-11(14(2)3)17-18-12;/h11-13H,4-10H2,1-3H3;1H. The normalized spacial score (nSPS) is 29.1. The molecule has 0 saturated carbocycles. The van der Waals surface area contributed by atoms with Gasteiger partial charge < -0.3 is 4.70 Å². The van der Waals surface area contributed by atoms with Gasteiger partial charge in [0.1, 0.15) is 0 Å². The molecule has 0 radical (unpaired) electrons. The smallest absolute Gasteiger partial charge is 0.203 e. The average Bonchev–Trinajstić information content (AvgIpc) is 2.97. The first-order valence-electron chi connectivity index (χ1n) is 7.00. The van der Waals surface area contributed by atoms with Gasteiger partial charge in [-0.1, -0.05) is 19.8 Å². The van der Waals surface area contributed by atoms with Crippen LogP contribution in [0.5, 0.6) is 0 Å². The van der Waals surface area contributed by atoms with Gasteiger partial charge in [-0.15, -0.1) is 0 Å². The van der Waals surface area contributed by atoms with E-state index >= 15 is 0 Å². The highest BCUT2D eigenvalue weighted by atomic mass is 33.1. The van der Waals surface area contributed by atoms with Crippen LogP contribution in [0.3, 0.4) is 0 Å². The second kappa shape index (κ2) is 8.69. The molecule has 2 fully saturated rings. The maximum atomic E-state index is 2.62. The highest BCUT2D eigenvalue weighted by Gasteiger charge is 2.38. The number of hydrogen-bond acceptors (Lipinski definition) is 5. The van der Waals surface area contributed by atoms with Gasteiger partial charge in [0.2, 0.25) is 11.0 Å². The predicted molar refractivity (Wildman–Crippen MR) is 81.0 cm³/mol. The van der Waals surface area contributed by atoms with Gasteiger partial charge in [-0.25, -0.2) is 4.90 Å². The SMILES string of the molecule is CCCCCN1CCN(C2[NH2+]C(N(C)C)SS2)C1.[F-]. The van der Waals surface area contributed by atoms with E-state index in [0.717, 1.165) is 0 Å². The number of quaternary nitrogens is 1. The van der Waals surface area contributed by atoms with Crippen molar-refractivity contribution in [2.24, 2.45) is 0 Å². The summed E-state index contributed by atoms with van der Waals surface area (Å²) in [6.45, 7) is 7.22. The fourth-order valence-corrected chi connectivity index (χ4v) is 5.57. The van der Waals surface area contributed by atoms with Crippen LogP contribution in [-0.2, 0) is 0 Å². The second-order valence-electron chi connectivity index (χ2n) is 5.41. The molecule has 2 atom stereocenters. The van der Waals surface area contributed by atoms with E-state index in [4.69, 9.17) is 0 Å². The lowest BCUT2D eigenvalue weighted by atomic mass is 10.2. The van der Waals surface area contributed by atoms with Crippen molar-refractivity contribution in [2.75, 3.05) is 40.4 Å². The maximum absolute atomic E-state index is 2.62. The molecule has 2 rings (SSSR count). The number of halogens is 1. The van der Waals surface area contributed by atoms with E-state index in [-0.39, 0.29) is 4.70 Å². The van der Waals surface area contributed by atoms with Gasteiger partial charge >= 0.3 is 0 Å². The molecule has 2 saturated heterocycles. The van der Waals surface area contributed by atoms with E-state index in [9.17, 15) is 0 Å². The summed E-state index contributed by atoms with van der Waals surface area (Å²) < 4.78 is 0. The third-order valence-corrected chi connectivity index (χ3v) is 6.67. The van der Waals surface area contributed by atoms with E-state index in [0.29, 0.717) is 11.0 Å². The van der Waals surface area contributed by atoms with E-state index in [1.54, 1.807) is 0 Å². The number of rotatable bonds is 6. The minimum Gasteiger partial charge on any atom is -1.00 e. The molecular formula is C12H27FN4S2. The van der Waals surface area contributed by atoms with E-state index in [2.05, 4.69) is 41.0 Å². The van der Waals surface area contributed by atoms with Crippen LogP contribution in [0.1, 0.15) is 26.2 Å². The minimum atomic E-state index is 0. The Kier molecular flexibility index (Phi) is 8.01. The summed E-state index contributed by atoms with van der Waals surface area (Å²) in [5.41, 5.74) is 1.19. The molecule has 0 spiro atoms. The molecule has 2 heterocycles. The fourth-order valence-electron chi connectivity index (χ4n) is 2.40. The number of unbranched alkanes of at least 4 members (excludes halogenated alkanes) is 2. The van der Waals surface area contributed by atoms with Crippen molar-refractivity contribution in [2.45, 2.75) is 37.2 Å². The average molecular weight is 311 g/mol. The topological polar surface area (TPSA) is 26.3 Å². The Balaban J connectivity index is 0.00000180. The van der Waals surface area contributed by atoms with Gasteiger partial charge in [0, 0.05) is 13.1 Å². The molecular weight excluding hydrogens is 283 g/mol. The molecule has 2 N–H and O–H groups in total. The van der Waals surface area contributed by atoms with Crippen LogP contribution in [0.2, 0.25) is 0 Å². The van der Waals surface area contributed by atoms with E-state index in [1.165, 1.54) is 45.6 Å². The number of hydrogen-bond donors (Lipinski definition) is 1. The van der Waals surface area contributed by atoms with Gasteiger partial charge in [0.15, 0.2) is 0 Å². The molecule has 0 aliphatic carbocycles. The molecule has 2 aliphatic heterocycles. The molecule has 114 valence electrons. The van der Waals surface area contributed by atoms with E-state index < -0.39 is 0 Å². The Morgan fingerprint density at radius 2 is 2.00 bits per heavy atom. The summed E-state index contributed by atoms with van der Waals surface area (Å²) in [4.78, 5) is 7.53. The second-order valence-corrected chi connectivity index (χ2v) is 7.91. The summed E-state index contributed by atoms with van der Waals surface area (Å²) in [5.74, 6) is 0. The highest BCUT2D eigenvalue weighted by molar-refractivity contribution is 8.77. The van der Waals surface area contributed by atoms with Gasteiger partial charge in [-0.05, 0) is 48.6 Å². The molecule has 0 amide bonds. The van der Waals surface area contributed by atoms with Crippen LogP contribution in [0.25, 0.3) is 0 Å². The summed E-state index contributed by atoms with van der Waals surface area (Å²) in [5, 5.41) is 2.49. The highest BCUT2D eigenvalue weighted by Crippen LogP contribution is 2.34. The number of nitrogens with zero attached hydrogens (tertiary/aromatic N) is 3. The van der Waals surface area contributed by atoms with Crippen molar-refractivity contribution in [1.29, 1.82) is 0 Å². The quantitative estimate of drug-likeness (QED) is 0.446. The zero-order valence-electron chi connectivity index (χ0n) is 12.2. The van der Waals surface area contributed by atoms with Crippen molar-refractivity contribution in [3.8, 4) is 0 Å². The Morgan fingerprint density at radius 3 is 2.63 bits per heavy atom. The van der Waals surface area contributed by atoms with Crippen LogP contribution >= 0.6 is 21.6 Å². The molecule has 0 aromatic rings. The first kappa shape index (κ1) is 17.5. The minimum absolute atomic E-state index is 0. The summed E-state index contributed by atoms with van der Waals surface area (Å²) in [6.07, 6.45) is 4.06. The van der Waals surface area contributed by atoms with Crippen molar-refractivity contribution < 1.29 is 10.0 Å². The molecule has 2 unspecified atom stereocenters. The predicted octanol–water partition coefficient (Wildman–Crippen LogP) is -2.16. The Hall–Kier alpha value is 0.470. The molecule has 4 nitrogen and oxygen atoms in total. The van der Waals surface area contributed by atoms with Crippen LogP contribution < -0.4 is 10.0 Å². The monoisotopic (exact) mass is 310 g/mol. The van der Waals surface area contributed by atoms with Crippen LogP contribution in [0, 0.1) is 0 Å². The Morgan fingerprint density at radius 1 is 1.21 bits per heavy atom. The van der Waals surface area contributed by atoms with Crippen LogP contribution in [-0.4, -0.2) is 66.1 Å². The lowest BCUT2D eigenvalue weighted by Crippen LogP contribution is -3.00. The van der Waals surface area contributed by atoms with Crippen molar-refractivity contribution >= 4 is 21.6 Å². The molecule has 19 heavy (non-hydrogen) atoms. The maximum Gasteiger partial charge on any atom is 0.203 e. The molecule has 7 heteroatoms. The summed E-state index contributed by atoms with van der Waals surface area (Å²) in [6, 6.07) is 0. The zero-order valence-corrected chi connectivity index (χ0v) is 13.9. The molecule has 2 aliphatic rings. The Bertz CT molecular complexity index is 258. The van der Waals surface area contributed by atoms with Crippen molar-refractivity contribution in [1.82, 2.24) is 14.7 Å². The lowest BCUT2D eigenvalue weighted by Gasteiger charge is -2.22. The van der Waals surface area contributed by atoms with Crippen LogP contribution in [0.15, 0.2) is 0 Å². The third kappa shape index (κ3) is 5.06. The summed E-state index contributed by atoms with van der Waals surface area (Å²) in [7, 11) is 8.35. The fraction of sp³-hybridized carbons (Fsp3) is 1.00. The van der Waals surface area contributed by atoms with Gasteiger partial charge in [0.25, 0.3) is 0 Å². The number of nitrogens with two attached hydrogens (primary N) is 1. The summed E-state index contributed by atoms with van der Waals surface area (Å²) >= 11 is 0. The van der Waals surface area contributed by atoms with Crippen LogP contribution in [0.4, 0.5) is 0 Å². The molecule has 0 aromatic heterocycles. The van der Waals surface area contributed by atoms with Gasteiger partial charge in [-0.3, -0.25) is 15.1 Å². The lowest BCUT2D eigenvalue weighted by molar-refractivity contribution is -0.709.